The molecule has 1 unspecified atom stereocenters. The number of carbonyl (C=O) groups excluding carboxylic acids is 1. The number of carboxylic acid groups (broad SMARTS) is 2. The lowest BCUT2D eigenvalue weighted by Crippen LogP contribution is -2.55. The lowest BCUT2D eigenvalue weighted by molar-refractivity contribution is -0.162. The van der Waals surface area contributed by atoms with Crippen LogP contribution < -0.4 is 10.5 Å². The van der Waals surface area contributed by atoms with Crippen molar-refractivity contribution in [2.75, 3.05) is 0 Å². The highest BCUT2D eigenvalue weighted by atomic mass is 35.5. The normalized spacial score (nSPS) is 12.0. The smallest absolute Gasteiger partial charge is 0.349 e. The molecule has 0 aliphatic rings. The van der Waals surface area contributed by atoms with Crippen molar-refractivity contribution in [2.45, 2.75) is 32.1 Å². The highest BCUT2D eigenvalue weighted by Crippen LogP contribution is 2.27. The van der Waals surface area contributed by atoms with Crippen molar-refractivity contribution in [3.63, 3.8) is 0 Å². The van der Waals surface area contributed by atoms with Crippen molar-refractivity contribution >= 4 is 52.4 Å². The third-order valence-corrected chi connectivity index (χ3v) is 6.21. The van der Waals surface area contributed by atoms with E-state index in [0.29, 0.717) is 15.8 Å². The number of ether oxygens (including phenoxy) is 2. The average molecular weight is 540 g/mol. The van der Waals surface area contributed by atoms with Crippen molar-refractivity contribution in [1.82, 2.24) is 0 Å². The average Bonchev–Trinajstić information content (AvgIpc) is 3.31. The molecule has 1 heterocycles. The SMILES string of the molecule is CCC(N)(C(=O)O)C(=O)OCc1ccccc1.O=C(O)c1sccc1OCc1ccc(Cl)cc1Cl. The molecule has 0 radical (unpaired) electrons. The maximum Gasteiger partial charge on any atom is 0.349 e. The molecule has 0 saturated heterocycles. The molecular formula is C24H23Cl2NO7S. The van der Waals surface area contributed by atoms with Crippen LogP contribution in [0.2, 0.25) is 10.0 Å². The molecule has 0 saturated carbocycles. The minimum Gasteiger partial charge on any atom is -0.487 e. The number of carbonyl (C=O) groups is 3. The van der Waals surface area contributed by atoms with Crippen LogP contribution in [0.3, 0.4) is 0 Å². The fourth-order valence-corrected chi connectivity index (χ4v) is 3.73. The summed E-state index contributed by atoms with van der Waals surface area (Å²) in [6.45, 7) is 1.75. The number of aromatic carboxylic acids is 1. The molecule has 0 fully saturated rings. The Labute approximate surface area is 215 Å². The molecular weight excluding hydrogens is 517 g/mol. The second-order valence-corrected chi connectivity index (χ2v) is 8.90. The number of halogens is 2. The fraction of sp³-hybridized carbons (Fsp3) is 0.208. The first-order valence-corrected chi connectivity index (χ1v) is 11.8. The Morgan fingerprint density at radius 2 is 1.71 bits per heavy atom. The Balaban J connectivity index is 0.000000247. The van der Waals surface area contributed by atoms with Crippen LogP contribution in [0.25, 0.3) is 0 Å². The Morgan fingerprint density at radius 3 is 2.29 bits per heavy atom. The van der Waals surface area contributed by atoms with Gasteiger partial charge in [0.25, 0.3) is 0 Å². The van der Waals surface area contributed by atoms with Crippen LogP contribution in [-0.4, -0.2) is 33.7 Å². The molecule has 0 spiro atoms. The van der Waals surface area contributed by atoms with E-state index in [2.05, 4.69) is 0 Å². The number of thiophene rings is 1. The van der Waals surface area contributed by atoms with Crippen LogP contribution in [0.15, 0.2) is 60.0 Å². The zero-order chi connectivity index (χ0) is 26.0. The van der Waals surface area contributed by atoms with Crippen LogP contribution in [0.1, 0.15) is 34.1 Å². The van der Waals surface area contributed by atoms with Gasteiger partial charge < -0.3 is 25.4 Å². The van der Waals surface area contributed by atoms with E-state index < -0.39 is 23.4 Å². The topological polar surface area (TPSA) is 136 Å². The molecule has 186 valence electrons. The Hall–Kier alpha value is -3.11. The molecule has 1 aromatic heterocycles. The van der Waals surface area contributed by atoms with Gasteiger partial charge >= 0.3 is 17.9 Å². The van der Waals surface area contributed by atoms with E-state index in [1.165, 1.54) is 6.92 Å². The van der Waals surface area contributed by atoms with Gasteiger partial charge in [-0.2, -0.15) is 0 Å². The van der Waals surface area contributed by atoms with E-state index in [4.69, 9.17) is 48.6 Å². The number of esters is 1. The number of hydrogen-bond donors (Lipinski definition) is 3. The van der Waals surface area contributed by atoms with Crippen molar-refractivity contribution in [2.24, 2.45) is 5.73 Å². The maximum atomic E-state index is 11.6. The number of nitrogens with two attached hydrogens (primary N) is 1. The molecule has 3 rings (SSSR count). The maximum absolute atomic E-state index is 11.6. The predicted molar refractivity (Wildman–Crippen MR) is 133 cm³/mol. The molecule has 35 heavy (non-hydrogen) atoms. The molecule has 0 aliphatic carbocycles. The van der Waals surface area contributed by atoms with E-state index in [9.17, 15) is 14.4 Å². The van der Waals surface area contributed by atoms with Crippen molar-refractivity contribution in [3.8, 4) is 5.75 Å². The molecule has 0 aliphatic heterocycles. The number of benzene rings is 2. The minimum absolute atomic E-state index is 0.0179. The minimum atomic E-state index is -1.96. The molecule has 2 aromatic carbocycles. The summed E-state index contributed by atoms with van der Waals surface area (Å²) >= 11 is 12.9. The quantitative estimate of drug-likeness (QED) is 0.247. The van der Waals surface area contributed by atoms with E-state index in [1.807, 2.05) is 6.07 Å². The van der Waals surface area contributed by atoms with Gasteiger partial charge in [0, 0.05) is 15.6 Å². The molecule has 0 bridgehead atoms. The van der Waals surface area contributed by atoms with Crippen LogP contribution in [-0.2, 0) is 27.5 Å². The lowest BCUT2D eigenvalue weighted by atomic mass is 9.98. The Kier molecular flexibility index (Phi) is 10.5. The van der Waals surface area contributed by atoms with Gasteiger partial charge in [-0.1, -0.05) is 66.5 Å². The number of rotatable bonds is 9. The van der Waals surface area contributed by atoms with Crippen LogP contribution >= 0.6 is 34.5 Å². The largest absolute Gasteiger partial charge is 0.487 e. The van der Waals surface area contributed by atoms with Crippen molar-refractivity contribution < 1.29 is 34.1 Å². The zero-order valence-electron chi connectivity index (χ0n) is 18.6. The molecule has 0 amide bonds. The van der Waals surface area contributed by atoms with E-state index >= 15 is 0 Å². The molecule has 3 aromatic rings. The van der Waals surface area contributed by atoms with Gasteiger partial charge in [0.1, 0.15) is 19.0 Å². The second-order valence-electron chi connectivity index (χ2n) is 7.14. The Bertz CT molecular complexity index is 1170. The molecule has 8 nitrogen and oxygen atoms in total. The van der Waals surface area contributed by atoms with Crippen molar-refractivity contribution in [3.05, 3.63) is 86.0 Å². The summed E-state index contributed by atoms with van der Waals surface area (Å²) in [6.07, 6.45) is -0.0179. The summed E-state index contributed by atoms with van der Waals surface area (Å²) in [5.74, 6) is -2.95. The Morgan fingerprint density at radius 1 is 1.03 bits per heavy atom. The molecule has 1 atom stereocenters. The molecule has 11 heteroatoms. The third kappa shape index (κ3) is 7.97. The first-order chi connectivity index (χ1) is 16.6. The number of carboxylic acids is 2. The standard InChI is InChI=1S/C12H8Cl2O3S.C12H15NO4/c13-8-2-1-7(9(14)5-8)6-17-10-3-4-18-11(10)12(15)16;1-2-12(13,10(14)15)11(16)17-8-9-6-4-3-5-7-9/h1-5H,6H2,(H,15,16);3-7H,2,8,13H2,1H3,(H,14,15). The summed E-state index contributed by atoms with van der Waals surface area (Å²) in [4.78, 5) is 33.5. The predicted octanol–water partition coefficient (Wildman–Crippen LogP) is 5.25. The van der Waals surface area contributed by atoms with Gasteiger partial charge in [-0.25, -0.2) is 14.4 Å². The van der Waals surface area contributed by atoms with Gasteiger partial charge in [-0.05, 0) is 35.6 Å². The fourth-order valence-electron chi connectivity index (χ4n) is 2.60. The molecule has 4 N–H and O–H groups in total. The van der Waals surface area contributed by atoms with Gasteiger partial charge in [0.05, 0.1) is 0 Å². The number of aliphatic carboxylic acids is 1. The monoisotopic (exact) mass is 539 g/mol. The van der Waals surface area contributed by atoms with Crippen LogP contribution in [0, 0.1) is 0 Å². The first kappa shape index (κ1) is 28.1. The van der Waals surface area contributed by atoms with E-state index in [1.54, 1.807) is 53.9 Å². The summed E-state index contributed by atoms with van der Waals surface area (Å²) in [5.41, 5.74) is 5.05. The van der Waals surface area contributed by atoms with Crippen LogP contribution in [0.5, 0.6) is 5.75 Å². The summed E-state index contributed by atoms with van der Waals surface area (Å²) < 4.78 is 10.3. The number of hydrogen-bond acceptors (Lipinski definition) is 7. The summed E-state index contributed by atoms with van der Waals surface area (Å²) in [6, 6.07) is 15.7. The summed E-state index contributed by atoms with van der Waals surface area (Å²) in [5, 5.41) is 20.5. The van der Waals surface area contributed by atoms with E-state index in [-0.39, 0.29) is 24.5 Å². The second kappa shape index (κ2) is 13.1. The van der Waals surface area contributed by atoms with Gasteiger partial charge in [0.15, 0.2) is 4.88 Å². The highest BCUT2D eigenvalue weighted by Gasteiger charge is 2.42. The van der Waals surface area contributed by atoms with Crippen LogP contribution in [0.4, 0.5) is 0 Å². The first-order valence-electron chi connectivity index (χ1n) is 10.2. The lowest BCUT2D eigenvalue weighted by Gasteiger charge is -2.20. The highest BCUT2D eigenvalue weighted by molar-refractivity contribution is 7.12. The summed E-state index contributed by atoms with van der Waals surface area (Å²) in [7, 11) is 0. The van der Waals surface area contributed by atoms with Gasteiger partial charge in [-0.3, -0.25) is 0 Å². The van der Waals surface area contributed by atoms with Gasteiger partial charge in [-0.15, -0.1) is 11.3 Å². The third-order valence-electron chi connectivity index (χ3n) is 4.74. The van der Waals surface area contributed by atoms with Crippen molar-refractivity contribution in [1.29, 1.82) is 0 Å². The zero-order valence-corrected chi connectivity index (χ0v) is 20.9. The van der Waals surface area contributed by atoms with E-state index in [0.717, 1.165) is 22.5 Å². The van der Waals surface area contributed by atoms with Gasteiger partial charge in [0.2, 0.25) is 5.54 Å².